The van der Waals surface area contributed by atoms with Crippen LogP contribution < -0.4 is 0 Å². The summed E-state index contributed by atoms with van der Waals surface area (Å²) in [6.45, 7) is 0. The third-order valence-corrected chi connectivity index (χ3v) is 1.20. The average Bonchev–Trinajstić information content (AvgIpc) is 2.34. The van der Waals surface area contributed by atoms with Gasteiger partial charge in [-0.05, 0) is 0 Å². The fourth-order valence-electron chi connectivity index (χ4n) is 0.494. The summed E-state index contributed by atoms with van der Waals surface area (Å²) in [5.74, 6) is -0.341. The third-order valence-electron chi connectivity index (χ3n) is 0.929. The molecule has 0 saturated carbocycles. The number of hydrogen-bond donors (Lipinski definition) is 0. The summed E-state index contributed by atoms with van der Waals surface area (Å²) in [5.41, 5.74) is 0.331. The summed E-state index contributed by atoms with van der Waals surface area (Å²) in [4.78, 5) is 0. The molecule has 5 heteroatoms. The maximum Gasteiger partial charge on any atom is 0.298 e. The maximum absolute atomic E-state index is 11.7. The first-order chi connectivity index (χ1) is 4.74. The van der Waals surface area contributed by atoms with E-state index in [0.29, 0.717) is 5.69 Å². The van der Waals surface area contributed by atoms with Crippen LogP contribution in [-0.4, -0.2) is 5.16 Å². The molecule has 0 radical (unpaired) electrons. The molecule has 1 heterocycles. The van der Waals surface area contributed by atoms with Crippen LogP contribution in [0, 0.1) is 0 Å². The Hall–Kier alpha value is -0.640. The lowest BCUT2D eigenvalue weighted by atomic mass is 10.4. The van der Waals surface area contributed by atoms with Gasteiger partial charge in [-0.3, -0.25) is 0 Å². The molecule has 0 fully saturated rings. The topological polar surface area (TPSA) is 26.0 Å². The van der Waals surface area contributed by atoms with Crippen molar-refractivity contribution in [3.05, 3.63) is 17.5 Å². The first kappa shape index (κ1) is 7.47. The molecule has 0 spiro atoms. The summed E-state index contributed by atoms with van der Waals surface area (Å²) in [6, 6.07) is 1.14. The molecule has 0 aliphatic rings. The molecule has 0 unspecified atom stereocenters. The number of halogens is 3. The van der Waals surface area contributed by atoms with Crippen LogP contribution in [-0.2, 0) is 5.88 Å². The Bertz CT molecular complexity index is 213. The van der Waals surface area contributed by atoms with Crippen LogP contribution in [0.3, 0.4) is 0 Å². The van der Waals surface area contributed by atoms with Gasteiger partial charge in [0.05, 0.1) is 11.6 Å². The molecule has 0 aromatic carbocycles. The van der Waals surface area contributed by atoms with Gasteiger partial charge >= 0.3 is 0 Å². The molecule has 0 saturated heterocycles. The van der Waals surface area contributed by atoms with Crippen LogP contribution in [0.2, 0.25) is 0 Å². The van der Waals surface area contributed by atoms with Gasteiger partial charge in [0, 0.05) is 6.07 Å². The largest absolute Gasteiger partial charge is 0.355 e. The van der Waals surface area contributed by atoms with E-state index in [1.54, 1.807) is 0 Å². The summed E-state index contributed by atoms with van der Waals surface area (Å²) in [7, 11) is 0. The monoisotopic (exact) mass is 167 g/mol. The molecule has 0 amide bonds. The van der Waals surface area contributed by atoms with Gasteiger partial charge in [-0.2, -0.15) is 0 Å². The average molecular weight is 168 g/mol. The summed E-state index contributed by atoms with van der Waals surface area (Å²) in [6.07, 6.45) is -2.61. The molecule has 0 N–H and O–H groups in total. The first-order valence-electron chi connectivity index (χ1n) is 2.53. The molecule has 0 atom stereocenters. The van der Waals surface area contributed by atoms with Crippen molar-refractivity contribution < 1.29 is 13.3 Å². The Labute approximate surface area is 60.8 Å². The van der Waals surface area contributed by atoms with E-state index in [9.17, 15) is 8.78 Å². The molecule has 1 rings (SSSR count). The summed E-state index contributed by atoms with van der Waals surface area (Å²) < 4.78 is 27.7. The minimum atomic E-state index is -2.61. The van der Waals surface area contributed by atoms with Gasteiger partial charge in [0.1, 0.15) is 0 Å². The van der Waals surface area contributed by atoms with Crippen LogP contribution in [0.25, 0.3) is 0 Å². The van der Waals surface area contributed by atoms with E-state index < -0.39 is 12.2 Å². The Morgan fingerprint density at radius 3 is 2.70 bits per heavy atom. The predicted molar refractivity (Wildman–Crippen MR) is 31.0 cm³/mol. The van der Waals surface area contributed by atoms with Gasteiger partial charge < -0.3 is 4.52 Å². The second kappa shape index (κ2) is 2.96. The lowest BCUT2D eigenvalue weighted by Gasteiger charge is -1.85. The predicted octanol–water partition coefficient (Wildman–Crippen LogP) is 2.35. The van der Waals surface area contributed by atoms with Crippen LogP contribution >= 0.6 is 11.6 Å². The van der Waals surface area contributed by atoms with Crippen LogP contribution in [0.1, 0.15) is 17.9 Å². The zero-order valence-corrected chi connectivity index (χ0v) is 5.61. The SMILES string of the molecule is FC(F)c1cc(CCl)no1. The highest BCUT2D eigenvalue weighted by Crippen LogP contribution is 2.19. The Morgan fingerprint density at radius 1 is 1.70 bits per heavy atom. The van der Waals surface area contributed by atoms with Gasteiger partial charge in [-0.25, -0.2) is 8.78 Å². The van der Waals surface area contributed by atoms with Crippen molar-refractivity contribution in [3.8, 4) is 0 Å². The van der Waals surface area contributed by atoms with E-state index in [1.807, 2.05) is 0 Å². The maximum atomic E-state index is 11.7. The molecule has 10 heavy (non-hydrogen) atoms. The standard InChI is InChI=1S/C5H4ClF2NO/c6-2-3-1-4(5(7)8)10-9-3/h1,5H,2H2. The summed E-state index contributed by atoms with van der Waals surface area (Å²) in [5, 5.41) is 3.27. The molecule has 0 aliphatic carbocycles. The number of hydrogen-bond acceptors (Lipinski definition) is 2. The summed E-state index contributed by atoms with van der Waals surface area (Å²) >= 11 is 5.28. The molecule has 1 aromatic rings. The van der Waals surface area contributed by atoms with Crippen molar-refractivity contribution >= 4 is 11.6 Å². The number of nitrogens with zero attached hydrogens (tertiary/aromatic N) is 1. The normalized spacial score (nSPS) is 10.8. The minimum absolute atomic E-state index is 0.0935. The van der Waals surface area contributed by atoms with E-state index in [4.69, 9.17) is 11.6 Å². The van der Waals surface area contributed by atoms with Crippen molar-refractivity contribution in [2.24, 2.45) is 0 Å². The lowest BCUT2D eigenvalue weighted by Crippen LogP contribution is -1.76. The fourth-order valence-corrected chi connectivity index (χ4v) is 0.620. The second-order valence-corrected chi connectivity index (χ2v) is 1.92. The van der Waals surface area contributed by atoms with Crippen LogP contribution in [0.5, 0.6) is 0 Å². The van der Waals surface area contributed by atoms with E-state index in [1.165, 1.54) is 0 Å². The van der Waals surface area contributed by atoms with E-state index >= 15 is 0 Å². The van der Waals surface area contributed by atoms with E-state index in [0.717, 1.165) is 6.07 Å². The zero-order valence-electron chi connectivity index (χ0n) is 4.85. The molecule has 2 nitrogen and oxygen atoms in total. The van der Waals surface area contributed by atoms with Gasteiger partial charge in [0.25, 0.3) is 6.43 Å². The van der Waals surface area contributed by atoms with Crippen molar-refractivity contribution in [1.29, 1.82) is 0 Å². The van der Waals surface area contributed by atoms with Crippen molar-refractivity contribution in [3.63, 3.8) is 0 Å². The lowest BCUT2D eigenvalue weighted by molar-refractivity contribution is 0.112. The molecule has 56 valence electrons. The quantitative estimate of drug-likeness (QED) is 0.632. The first-order valence-corrected chi connectivity index (χ1v) is 3.07. The van der Waals surface area contributed by atoms with Gasteiger partial charge in [-0.15, -0.1) is 11.6 Å². The fraction of sp³-hybridized carbons (Fsp3) is 0.400. The molecule has 0 aliphatic heterocycles. The number of rotatable bonds is 2. The number of aromatic nitrogens is 1. The van der Waals surface area contributed by atoms with Crippen LogP contribution in [0.4, 0.5) is 8.78 Å². The third kappa shape index (κ3) is 1.44. The smallest absolute Gasteiger partial charge is 0.298 e. The van der Waals surface area contributed by atoms with Crippen molar-refractivity contribution in [2.45, 2.75) is 12.3 Å². The van der Waals surface area contributed by atoms with Crippen LogP contribution in [0.15, 0.2) is 10.6 Å². The zero-order chi connectivity index (χ0) is 7.56. The van der Waals surface area contributed by atoms with Gasteiger partial charge in [-0.1, -0.05) is 5.16 Å². The molecule has 0 bridgehead atoms. The molecular formula is C5H4ClF2NO. The van der Waals surface area contributed by atoms with E-state index in [2.05, 4.69) is 9.68 Å². The van der Waals surface area contributed by atoms with Gasteiger partial charge in [0.2, 0.25) is 5.76 Å². The minimum Gasteiger partial charge on any atom is -0.355 e. The second-order valence-electron chi connectivity index (χ2n) is 1.65. The highest BCUT2D eigenvalue weighted by Gasteiger charge is 2.12. The highest BCUT2D eigenvalue weighted by atomic mass is 35.5. The number of alkyl halides is 3. The van der Waals surface area contributed by atoms with E-state index in [-0.39, 0.29) is 5.88 Å². The van der Waals surface area contributed by atoms with Crippen molar-refractivity contribution in [1.82, 2.24) is 5.16 Å². The Kier molecular flexibility index (Phi) is 2.21. The van der Waals surface area contributed by atoms with Crippen molar-refractivity contribution in [2.75, 3.05) is 0 Å². The molecular weight excluding hydrogens is 164 g/mol. The Morgan fingerprint density at radius 2 is 2.40 bits per heavy atom. The Balaban J connectivity index is 2.78. The highest BCUT2D eigenvalue weighted by molar-refractivity contribution is 6.16. The molecule has 1 aromatic heterocycles. The van der Waals surface area contributed by atoms with Gasteiger partial charge in [0.15, 0.2) is 0 Å².